The highest BCUT2D eigenvalue weighted by molar-refractivity contribution is 7.80. The number of benzene rings is 2. The van der Waals surface area contributed by atoms with E-state index in [0.717, 1.165) is 48.1 Å². The molecular formula is C18H21N3O2S. The first kappa shape index (κ1) is 16.7. The number of hydrazone groups is 1. The second-order valence-corrected chi connectivity index (χ2v) is 6.10. The molecule has 0 radical (unpaired) electrons. The molecule has 5 nitrogen and oxygen atoms in total. The van der Waals surface area contributed by atoms with E-state index in [2.05, 4.69) is 21.9 Å². The van der Waals surface area contributed by atoms with Gasteiger partial charge < -0.3 is 14.8 Å². The van der Waals surface area contributed by atoms with Gasteiger partial charge in [-0.3, -0.25) is 5.43 Å². The van der Waals surface area contributed by atoms with Crippen LogP contribution >= 0.6 is 12.2 Å². The van der Waals surface area contributed by atoms with Gasteiger partial charge in [0.2, 0.25) is 0 Å². The van der Waals surface area contributed by atoms with E-state index in [0.29, 0.717) is 5.11 Å². The predicted octanol–water partition coefficient (Wildman–Crippen LogP) is 2.83. The molecule has 24 heavy (non-hydrogen) atoms. The van der Waals surface area contributed by atoms with Crippen molar-refractivity contribution < 1.29 is 9.47 Å². The largest absolute Gasteiger partial charge is 0.497 e. The first-order chi connectivity index (χ1) is 11.7. The van der Waals surface area contributed by atoms with Crippen LogP contribution in [0.25, 0.3) is 10.8 Å². The van der Waals surface area contributed by atoms with Gasteiger partial charge in [-0.2, -0.15) is 5.10 Å². The molecule has 3 rings (SSSR count). The van der Waals surface area contributed by atoms with Crippen LogP contribution in [0.1, 0.15) is 18.4 Å². The van der Waals surface area contributed by atoms with E-state index in [1.807, 2.05) is 30.3 Å². The molecule has 1 heterocycles. The Kier molecular flexibility index (Phi) is 5.61. The molecule has 0 amide bonds. The minimum absolute atomic E-state index is 0.256. The van der Waals surface area contributed by atoms with Crippen molar-refractivity contribution in [2.45, 2.75) is 18.9 Å². The molecule has 1 saturated heterocycles. The van der Waals surface area contributed by atoms with E-state index in [-0.39, 0.29) is 6.10 Å². The Hall–Kier alpha value is -2.18. The Morgan fingerprint density at radius 1 is 1.33 bits per heavy atom. The minimum atomic E-state index is 0.256. The zero-order chi connectivity index (χ0) is 16.8. The fourth-order valence-corrected chi connectivity index (χ4v) is 2.80. The summed E-state index contributed by atoms with van der Waals surface area (Å²) in [4.78, 5) is 0. The Labute approximate surface area is 147 Å². The van der Waals surface area contributed by atoms with Gasteiger partial charge in [-0.05, 0) is 59.6 Å². The van der Waals surface area contributed by atoms with Crippen LogP contribution < -0.4 is 15.5 Å². The van der Waals surface area contributed by atoms with Gasteiger partial charge in [-0.25, -0.2) is 0 Å². The molecule has 1 aliphatic heterocycles. The van der Waals surface area contributed by atoms with E-state index in [9.17, 15) is 0 Å². The van der Waals surface area contributed by atoms with Crippen molar-refractivity contribution in [1.82, 2.24) is 10.7 Å². The van der Waals surface area contributed by atoms with Gasteiger partial charge in [0.25, 0.3) is 0 Å². The molecule has 1 fully saturated rings. The Bertz CT molecular complexity index is 742. The molecule has 2 N–H and O–H groups in total. The fraction of sp³-hybridized carbons (Fsp3) is 0.333. The van der Waals surface area contributed by atoms with Crippen molar-refractivity contribution in [3.05, 3.63) is 42.0 Å². The van der Waals surface area contributed by atoms with Gasteiger partial charge in [0.15, 0.2) is 5.11 Å². The summed E-state index contributed by atoms with van der Waals surface area (Å²) in [5.41, 5.74) is 3.84. The molecule has 6 heteroatoms. The maximum atomic E-state index is 5.54. The molecule has 1 aliphatic rings. The molecule has 1 atom stereocenters. The second kappa shape index (κ2) is 8.08. The van der Waals surface area contributed by atoms with Crippen LogP contribution in [0.3, 0.4) is 0 Å². The molecule has 0 spiro atoms. The lowest BCUT2D eigenvalue weighted by Crippen LogP contribution is -2.37. The molecule has 0 aliphatic carbocycles. The maximum Gasteiger partial charge on any atom is 0.187 e. The fourth-order valence-electron chi connectivity index (χ4n) is 2.67. The number of methoxy groups -OCH3 is 1. The first-order valence-electron chi connectivity index (χ1n) is 8.01. The lowest BCUT2D eigenvalue weighted by molar-refractivity contribution is 0.114. The van der Waals surface area contributed by atoms with Crippen molar-refractivity contribution in [3.8, 4) is 5.75 Å². The van der Waals surface area contributed by atoms with Crippen molar-refractivity contribution in [2.24, 2.45) is 5.10 Å². The lowest BCUT2D eigenvalue weighted by atomic mass is 10.1. The monoisotopic (exact) mass is 343 g/mol. The maximum absolute atomic E-state index is 5.54. The Morgan fingerprint density at radius 3 is 2.96 bits per heavy atom. The van der Waals surface area contributed by atoms with Gasteiger partial charge in [0, 0.05) is 13.2 Å². The van der Waals surface area contributed by atoms with Gasteiger partial charge in [0.1, 0.15) is 5.75 Å². The summed E-state index contributed by atoms with van der Waals surface area (Å²) < 4.78 is 10.8. The number of ether oxygens (including phenoxy) is 2. The third-order valence-electron chi connectivity index (χ3n) is 3.97. The SMILES string of the molecule is COc1ccc2cc(/C=N\NC(=S)NC[C@H]3CCCO3)ccc2c1. The molecular weight excluding hydrogens is 322 g/mol. The summed E-state index contributed by atoms with van der Waals surface area (Å²) in [6.07, 6.45) is 4.22. The van der Waals surface area contributed by atoms with Crippen molar-refractivity contribution >= 4 is 34.3 Å². The van der Waals surface area contributed by atoms with Crippen molar-refractivity contribution in [1.29, 1.82) is 0 Å². The highest BCUT2D eigenvalue weighted by Gasteiger charge is 2.14. The Morgan fingerprint density at radius 2 is 2.17 bits per heavy atom. The number of hydrogen-bond acceptors (Lipinski definition) is 4. The van der Waals surface area contributed by atoms with Gasteiger partial charge in [0.05, 0.1) is 19.4 Å². The van der Waals surface area contributed by atoms with E-state index in [1.54, 1.807) is 13.3 Å². The summed E-state index contributed by atoms with van der Waals surface area (Å²) in [7, 11) is 1.67. The first-order valence-corrected chi connectivity index (χ1v) is 8.42. The third-order valence-corrected chi connectivity index (χ3v) is 4.20. The van der Waals surface area contributed by atoms with E-state index in [1.165, 1.54) is 0 Å². The molecule has 0 aromatic heterocycles. The number of hydrogen-bond donors (Lipinski definition) is 2. The average Bonchev–Trinajstić information content (AvgIpc) is 3.13. The van der Waals surface area contributed by atoms with Crippen molar-refractivity contribution in [3.63, 3.8) is 0 Å². The van der Waals surface area contributed by atoms with E-state index >= 15 is 0 Å². The van der Waals surface area contributed by atoms with Crippen LogP contribution in [0.2, 0.25) is 0 Å². The lowest BCUT2D eigenvalue weighted by Gasteiger charge is -2.11. The van der Waals surface area contributed by atoms with Crippen LogP contribution in [0.4, 0.5) is 0 Å². The summed E-state index contributed by atoms with van der Waals surface area (Å²) in [5, 5.41) is 10.1. The van der Waals surface area contributed by atoms with E-state index < -0.39 is 0 Å². The quantitative estimate of drug-likeness (QED) is 0.497. The number of thiocarbonyl (C=S) groups is 1. The van der Waals surface area contributed by atoms with E-state index in [4.69, 9.17) is 21.7 Å². The van der Waals surface area contributed by atoms with Crippen LogP contribution in [0.5, 0.6) is 5.75 Å². The van der Waals surface area contributed by atoms with Gasteiger partial charge in [-0.1, -0.05) is 18.2 Å². The molecule has 0 saturated carbocycles. The highest BCUT2D eigenvalue weighted by atomic mass is 32.1. The van der Waals surface area contributed by atoms with Crippen LogP contribution in [0, 0.1) is 0 Å². The topological polar surface area (TPSA) is 54.9 Å². The van der Waals surface area contributed by atoms with Gasteiger partial charge >= 0.3 is 0 Å². The summed E-state index contributed by atoms with van der Waals surface area (Å²) in [5.74, 6) is 0.855. The zero-order valence-corrected chi connectivity index (χ0v) is 14.4. The molecule has 2 aromatic carbocycles. The zero-order valence-electron chi connectivity index (χ0n) is 13.6. The summed E-state index contributed by atoms with van der Waals surface area (Å²) in [6.45, 7) is 1.57. The van der Waals surface area contributed by atoms with Crippen LogP contribution in [0.15, 0.2) is 41.5 Å². The standard InChI is InChI=1S/C18H21N3O2S/c1-22-16-7-6-14-9-13(4-5-15(14)10-16)11-20-21-18(24)19-12-17-3-2-8-23-17/h4-7,9-11,17H,2-3,8,12H2,1H3,(H2,19,21,24)/b20-11-/t17-/m1/s1. The second-order valence-electron chi connectivity index (χ2n) is 5.69. The number of nitrogens with one attached hydrogen (secondary N) is 2. The molecule has 0 unspecified atom stereocenters. The van der Waals surface area contributed by atoms with Crippen LogP contribution in [-0.2, 0) is 4.74 Å². The number of fused-ring (bicyclic) bond motifs is 1. The Balaban J connectivity index is 1.53. The van der Waals surface area contributed by atoms with Gasteiger partial charge in [-0.15, -0.1) is 0 Å². The summed E-state index contributed by atoms with van der Waals surface area (Å²) >= 11 is 5.20. The normalized spacial score (nSPS) is 17.3. The number of nitrogens with zero attached hydrogens (tertiary/aromatic N) is 1. The van der Waals surface area contributed by atoms with Crippen LogP contribution in [-0.4, -0.2) is 37.7 Å². The molecule has 0 bridgehead atoms. The van der Waals surface area contributed by atoms with Crippen molar-refractivity contribution in [2.75, 3.05) is 20.3 Å². The minimum Gasteiger partial charge on any atom is -0.497 e. The third kappa shape index (κ3) is 4.43. The number of rotatable bonds is 5. The average molecular weight is 343 g/mol. The summed E-state index contributed by atoms with van der Waals surface area (Å²) in [6, 6.07) is 12.1. The molecule has 2 aromatic rings. The predicted molar refractivity (Wildman–Crippen MR) is 101 cm³/mol. The highest BCUT2D eigenvalue weighted by Crippen LogP contribution is 2.21. The molecule has 126 valence electrons. The smallest absolute Gasteiger partial charge is 0.187 e.